The van der Waals surface area contributed by atoms with Crippen molar-refractivity contribution < 1.29 is 5.11 Å². The quantitative estimate of drug-likeness (QED) is 0.898. The fourth-order valence-electron chi connectivity index (χ4n) is 3.00. The second kappa shape index (κ2) is 6.77. The van der Waals surface area contributed by atoms with Crippen LogP contribution in [0.15, 0.2) is 48.7 Å². The van der Waals surface area contributed by atoms with Crippen LogP contribution in [-0.4, -0.2) is 47.7 Å². The van der Waals surface area contributed by atoms with Crippen LogP contribution >= 0.6 is 0 Å². The summed E-state index contributed by atoms with van der Waals surface area (Å²) < 4.78 is 0. The molecule has 2 heterocycles. The third-order valence-electron chi connectivity index (χ3n) is 4.23. The van der Waals surface area contributed by atoms with Crippen molar-refractivity contribution >= 4 is 5.82 Å². The van der Waals surface area contributed by atoms with E-state index in [9.17, 15) is 5.11 Å². The van der Waals surface area contributed by atoms with Crippen LogP contribution in [0.2, 0.25) is 0 Å². The van der Waals surface area contributed by atoms with Crippen LogP contribution in [0, 0.1) is 0 Å². The Hall–Kier alpha value is -2.11. The Morgan fingerprint density at radius 2 is 1.77 bits per heavy atom. The summed E-state index contributed by atoms with van der Waals surface area (Å²) in [7, 11) is 0. The standard InChI is InChI=1S/C17H22N4O/c18-13-16(14-4-6-15(22)7-5-14)20-9-11-21(12-10-20)17-3-1-2-8-19-17/h1-8,16,22H,9-13,18H2. The Labute approximate surface area is 131 Å². The average Bonchev–Trinajstić information content (AvgIpc) is 2.59. The fraction of sp³-hybridized carbons (Fsp3) is 0.353. The van der Waals surface area contributed by atoms with E-state index < -0.39 is 0 Å². The van der Waals surface area contributed by atoms with Crippen molar-refractivity contribution in [3.63, 3.8) is 0 Å². The molecule has 5 nitrogen and oxygen atoms in total. The Morgan fingerprint density at radius 1 is 1.05 bits per heavy atom. The van der Waals surface area contributed by atoms with Crippen molar-refractivity contribution in [2.24, 2.45) is 5.73 Å². The number of nitrogens with zero attached hydrogens (tertiary/aromatic N) is 3. The number of nitrogens with two attached hydrogens (primary N) is 1. The van der Waals surface area contributed by atoms with Gasteiger partial charge in [-0.05, 0) is 29.8 Å². The van der Waals surface area contributed by atoms with Gasteiger partial charge in [-0.2, -0.15) is 0 Å². The lowest BCUT2D eigenvalue weighted by molar-refractivity contribution is 0.190. The van der Waals surface area contributed by atoms with Crippen molar-refractivity contribution in [1.29, 1.82) is 0 Å². The summed E-state index contributed by atoms with van der Waals surface area (Å²) in [4.78, 5) is 9.13. The predicted octanol–water partition coefficient (Wildman–Crippen LogP) is 1.61. The first kappa shape index (κ1) is 14.8. The molecular formula is C17H22N4O. The van der Waals surface area contributed by atoms with Crippen LogP contribution in [0.3, 0.4) is 0 Å². The molecular weight excluding hydrogens is 276 g/mol. The molecule has 0 aliphatic carbocycles. The molecule has 0 spiro atoms. The van der Waals surface area contributed by atoms with Crippen molar-refractivity contribution in [2.45, 2.75) is 6.04 Å². The van der Waals surface area contributed by atoms with Crippen LogP contribution in [0.1, 0.15) is 11.6 Å². The number of rotatable bonds is 4. The van der Waals surface area contributed by atoms with Gasteiger partial charge in [0.25, 0.3) is 0 Å². The highest BCUT2D eigenvalue weighted by Gasteiger charge is 2.24. The summed E-state index contributed by atoms with van der Waals surface area (Å²) in [5, 5.41) is 9.42. The van der Waals surface area contributed by atoms with Gasteiger partial charge in [-0.25, -0.2) is 4.98 Å². The highest BCUT2D eigenvalue weighted by Crippen LogP contribution is 2.24. The number of aromatic hydroxyl groups is 1. The molecule has 2 aromatic rings. The molecule has 0 saturated carbocycles. The van der Waals surface area contributed by atoms with Crippen LogP contribution < -0.4 is 10.6 Å². The van der Waals surface area contributed by atoms with E-state index in [1.807, 2.05) is 30.5 Å². The maximum absolute atomic E-state index is 9.42. The summed E-state index contributed by atoms with van der Waals surface area (Å²) in [6.07, 6.45) is 1.83. The van der Waals surface area contributed by atoms with Gasteiger partial charge in [0, 0.05) is 45.0 Å². The lowest BCUT2D eigenvalue weighted by Gasteiger charge is -2.39. The Bertz CT molecular complexity index is 579. The molecule has 3 N–H and O–H groups in total. The zero-order valence-electron chi connectivity index (χ0n) is 12.6. The smallest absolute Gasteiger partial charge is 0.128 e. The van der Waals surface area contributed by atoms with Gasteiger partial charge in [-0.1, -0.05) is 18.2 Å². The third kappa shape index (κ3) is 3.21. The van der Waals surface area contributed by atoms with E-state index in [1.165, 1.54) is 0 Å². The van der Waals surface area contributed by atoms with E-state index in [0.29, 0.717) is 12.3 Å². The van der Waals surface area contributed by atoms with Crippen LogP contribution in [0.25, 0.3) is 0 Å². The lowest BCUT2D eigenvalue weighted by Crippen LogP contribution is -2.49. The molecule has 0 radical (unpaired) electrons. The molecule has 1 aliphatic rings. The first-order chi connectivity index (χ1) is 10.8. The number of hydrogen-bond donors (Lipinski definition) is 2. The van der Waals surface area contributed by atoms with Crippen LogP contribution in [0.5, 0.6) is 5.75 Å². The SMILES string of the molecule is NCC(c1ccc(O)cc1)N1CCN(c2ccccn2)CC1. The molecule has 1 atom stereocenters. The van der Waals surface area contributed by atoms with Gasteiger partial charge in [0.1, 0.15) is 11.6 Å². The van der Waals surface area contributed by atoms with Crippen molar-refractivity contribution in [3.05, 3.63) is 54.2 Å². The fourth-order valence-corrected chi connectivity index (χ4v) is 3.00. The molecule has 1 aromatic heterocycles. The Balaban J connectivity index is 1.65. The number of benzene rings is 1. The summed E-state index contributed by atoms with van der Waals surface area (Å²) in [6.45, 7) is 4.39. The molecule has 1 saturated heterocycles. The summed E-state index contributed by atoms with van der Waals surface area (Å²) >= 11 is 0. The lowest BCUT2D eigenvalue weighted by atomic mass is 10.0. The molecule has 0 amide bonds. The van der Waals surface area contributed by atoms with E-state index in [1.54, 1.807) is 12.1 Å². The molecule has 0 bridgehead atoms. The second-order valence-electron chi connectivity index (χ2n) is 5.55. The Kier molecular flexibility index (Phi) is 4.56. The Morgan fingerprint density at radius 3 is 2.36 bits per heavy atom. The second-order valence-corrected chi connectivity index (χ2v) is 5.55. The molecule has 1 unspecified atom stereocenters. The molecule has 1 fully saturated rings. The highest BCUT2D eigenvalue weighted by molar-refractivity contribution is 5.38. The zero-order valence-corrected chi connectivity index (χ0v) is 12.6. The van der Waals surface area contributed by atoms with Crippen LogP contribution in [0.4, 0.5) is 5.82 Å². The predicted molar refractivity (Wildman–Crippen MR) is 87.9 cm³/mol. The van der Waals surface area contributed by atoms with E-state index in [4.69, 9.17) is 5.73 Å². The van der Waals surface area contributed by atoms with Gasteiger partial charge in [0.2, 0.25) is 0 Å². The summed E-state index contributed by atoms with van der Waals surface area (Å²) in [5.74, 6) is 1.33. The maximum Gasteiger partial charge on any atom is 0.128 e. The summed E-state index contributed by atoms with van der Waals surface area (Å²) in [5.41, 5.74) is 7.15. The van der Waals surface area contributed by atoms with Gasteiger partial charge < -0.3 is 15.7 Å². The van der Waals surface area contributed by atoms with Crippen LogP contribution in [-0.2, 0) is 0 Å². The number of anilines is 1. The number of piperazine rings is 1. The van der Waals surface area contributed by atoms with Gasteiger partial charge >= 0.3 is 0 Å². The van der Waals surface area contributed by atoms with Gasteiger partial charge in [-0.3, -0.25) is 4.90 Å². The van der Waals surface area contributed by atoms with Crippen molar-refractivity contribution in [1.82, 2.24) is 9.88 Å². The topological polar surface area (TPSA) is 65.6 Å². The zero-order chi connectivity index (χ0) is 15.4. The first-order valence-corrected chi connectivity index (χ1v) is 7.67. The number of hydrogen-bond acceptors (Lipinski definition) is 5. The van der Waals surface area contributed by atoms with Crippen molar-refractivity contribution in [2.75, 3.05) is 37.6 Å². The van der Waals surface area contributed by atoms with Gasteiger partial charge in [0.15, 0.2) is 0 Å². The minimum atomic E-state index is 0.200. The van der Waals surface area contributed by atoms with Crippen molar-refractivity contribution in [3.8, 4) is 5.75 Å². The van der Waals surface area contributed by atoms with Gasteiger partial charge in [0.05, 0.1) is 0 Å². The third-order valence-corrected chi connectivity index (χ3v) is 4.23. The molecule has 1 aliphatic heterocycles. The average molecular weight is 298 g/mol. The number of phenolic OH excluding ortho intramolecular Hbond substituents is 1. The van der Waals surface area contributed by atoms with Gasteiger partial charge in [-0.15, -0.1) is 0 Å². The molecule has 1 aromatic carbocycles. The van der Waals surface area contributed by atoms with E-state index in [0.717, 1.165) is 37.6 Å². The number of aromatic nitrogens is 1. The summed E-state index contributed by atoms with van der Waals surface area (Å²) in [6, 6.07) is 13.6. The monoisotopic (exact) mass is 298 g/mol. The van der Waals surface area contributed by atoms with E-state index in [2.05, 4.69) is 20.9 Å². The maximum atomic E-state index is 9.42. The molecule has 3 rings (SSSR count). The minimum Gasteiger partial charge on any atom is -0.508 e. The number of pyridine rings is 1. The molecule has 116 valence electrons. The largest absolute Gasteiger partial charge is 0.508 e. The van der Waals surface area contributed by atoms with E-state index >= 15 is 0 Å². The molecule has 5 heteroatoms. The van der Waals surface area contributed by atoms with E-state index in [-0.39, 0.29) is 6.04 Å². The first-order valence-electron chi connectivity index (χ1n) is 7.67. The normalized spacial score (nSPS) is 17.4. The highest BCUT2D eigenvalue weighted by atomic mass is 16.3. The minimum absolute atomic E-state index is 0.200. The molecule has 22 heavy (non-hydrogen) atoms. The number of phenols is 1.